The second-order valence-corrected chi connectivity index (χ2v) is 6.01. The third kappa shape index (κ3) is 3.37. The van der Waals surface area contributed by atoms with Crippen molar-refractivity contribution in [3.8, 4) is 0 Å². The molecule has 0 atom stereocenters. The number of aryl methyl sites for hydroxylation is 1. The largest absolute Gasteiger partial charge is 0.383 e. The highest BCUT2D eigenvalue weighted by atomic mass is 35.5. The van der Waals surface area contributed by atoms with Gasteiger partial charge in [-0.25, -0.2) is 0 Å². The van der Waals surface area contributed by atoms with Gasteiger partial charge in [0.2, 0.25) is 5.95 Å². The smallest absolute Gasteiger partial charge is 0.263 e. The molecule has 0 radical (unpaired) electrons. The van der Waals surface area contributed by atoms with Crippen LogP contribution >= 0.6 is 11.6 Å². The zero-order valence-corrected chi connectivity index (χ0v) is 13.6. The predicted octanol–water partition coefficient (Wildman–Crippen LogP) is 2.66. The molecule has 1 saturated heterocycles. The van der Waals surface area contributed by atoms with E-state index in [1.807, 2.05) is 17.9 Å². The number of aromatic amines is 1. The molecule has 6 nitrogen and oxygen atoms in total. The van der Waals surface area contributed by atoms with Gasteiger partial charge in [-0.2, -0.15) is 4.98 Å². The number of rotatable bonds is 3. The van der Waals surface area contributed by atoms with Crippen molar-refractivity contribution in [2.75, 3.05) is 23.7 Å². The number of nitrogen functional groups attached to an aromatic ring is 1. The lowest BCUT2D eigenvalue weighted by Gasteiger charge is -2.16. The first-order valence-corrected chi connectivity index (χ1v) is 7.87. The number of nitrogens with zero attached hydrogens (tertiary/aromatic N) is 3. The summed E-state index contributed by atoms with van der Waals surface area (Å²) in [4.78, 5) is 25.7. The quantitative estimate of drug-likeness (QED) is 0.846. The Balaban J connectivity index is 1.90. The van der Waals surface area contributed by atoms with Crippen molar-refractivity contribution < 1.29 is 0 Å². The zero-order valence-electron chi connectivity index (χ0n) is 12.8. The fourth-order valence-corrected chi connectivity index (χ4v) is 2.82. The summed E-state index contributed by atoms with van der Waals surface area (Å²) in [6, 6.07) is 5.37. The number of hydrogen-bond acceptors (Lipinski definition) is 5. The van der Waals surface area contributed by atoms with E-state index in [9.17, 15) is 4.79 Å². The Hall–Kier alpha value is -2.34. The van der Waals surface area contributed by atoms with Crippen LogP contribution in [0.5, 0.6) is 0 Å². The minimum atomic E-state index is -0.283. The molecule has 2 heterocycles. The molecule has 3 N–H and O–H groups in total. The standard InChI is InChI=1S/C16H18ClN5O/c1-10-8-11(17)4-5-13(10)19-9-12-14(18)20-16(21-15(12)23)22-6-2-3-7-22/h4-5,8-9H,2-3,6-7H2,1H3,(H3,18,20,21,23). The van der Waals surface area contributed by atoms with Gasteiger partial charge in [0.25, 0.3) is 5.56 Å². The van der Waals surface area contributed by atoms with Crippen LogP contribution in [0.3, 0.4) is 0 Å². The molecule has 7 heteroatoms. The average Bonchev–Trinajstić information content (AvgIpc) is 3.02. The highest BCUT2D eigenvalue weighted by Gasteiger charge is 2.16. The lowest BCUT2D eigenvalue weighted by atomic mass is 10.2. The molecule has 3 rings (SSSR count). The van der Waals surface area contributed by atoms with Crippen molar-refractivity contribution in [2.24, 2.45) is 4.99 Å². The Labute approximate surface area is 139 Å². The van der Waals surface area contributed by atoms with Crippen molar-refractivity contribution >= 4 is 35.3 Å². The maximum atomic E-state index is 12.3. The first kappa shape index (κ1) is 15.6. The minimum absolute atomic E-state index is 0.186. The molecule has 120 valence electrons. The van der Waals surface area contributed by atoms with Gasteiger partial charge in [0.15, 0.2) is 0 Å². The molecular weight excluding hydrogens is 314 g/mol. The fourth-order valence-electron chi connectivity index (χ4n) is 2.59. The number of anilines is 2. The van der Waals surface area contributed by atoms with Gasteiger partial charge in [0.05, 0.1) is 5.69 Å². The normalized spacial score (nSPS) is 14.8. The Morgan fingerprint density at radius 2 is 2.13 bits per heavy atom. The summed E-state index contributed by atoms with van der Waals surface area (Å²) in [6.07, 6.45) is 3.65. The van der Waals surface area contributed by atoms with Gasteiger partial charge in [-0.1, -0.05) is 11.6 Å². The van der Waals surface area contributed by atoms with Crippen LogP contribution in [-0.2, 0) is 0 Å². The SMILES string of the molecule is Cc1cc(Cl)ccc1N=Cc1c(N)nc(N2CCCC2)[nH]c1=O. The van der Waals surface area contributed by atoms with Crippen molar-refractivity contribution in [2.45, 2.75) is 19.8 Å². The van der Waals surface area contributed by atoms with Crippen LogP contribution in [0.4, 0.5) is 17.5 Å². The van der Waals surface area contributed by atoms with E-state index in [-0.39, 0.29) is 16.9 Å². The monoisotopic (exact) mass is 331 g/mol. The van der Waals surface area contributed by atoms with Gasteiger partial charge in [0.1, 0.15) is 11.4 Å². The molecule has 1 aromatic carbocycles. The number of nitrogens with two attached hydrogens (primary N) is 1. The summed E-state index contributed by atoms with van der Waals surface area (Å²) >= 11 is 5.92. The van der Waals surface area contributed by atoms with Crippen LogP contribution in [0.2, 0.25) is 5.02 Å². The Morgan fingerprint density at radius 3 is 2.78 bits per heavy atom. The first-order valence-electron chi connectivity index (χ1n) is 7.49. The number of nitrogens with one attached hydrogen (secondary N) is 1. The third-order valence-electron chi connectivity index (χ3n) is 3.87. The number of H-pyrrole nitrogens is 1. The predicted molar refractivity (Wildman–Crippen MR) is 94.2 cm³/mol. The third-order valence-corrected chi connectivity index (χ3v) is 4.10. The molecular formula is C16H18ClN5O. The Kier molecular flexibility index (Phi) is 4.34. The molecule has 1 aliphatic rings. The topological polar surface area (TPSA) is 87.4 Å². The van der Waals surface area contributed by atoms with E-state index in [1.54, 1.807) is 12.1 Å². The number of benzene rings is 1. The molecule has 23 heavy (non-hydrogen) atoms. The van der Waals surface area contributed by atoms with Crippen LogP contribution in [0.15, 0.2) is 28.0 Å². The molecule has 1 aliphatic heterocycles. The molecule has 0 spiro atoms. The van der Waals surface area contributed by atoms with Crippen LogP contribution in [0, 0.1) is 6.92 Å². The molecule has 1 fully saturated rings. The number of hydrogen-bond donors (Lipinski definition) is 2. The van der Waals surface area contributed by atoms with Gasteiger partial charge in [0, 0.05) is 24.3 Å². The summed E-state index contributed by atoms with van der Waals surface area (Å²) in [5.41, 5.74) is 7.58. The molecule has 0 amide bonds. The van der Waals surface area contributed by atoms with Crippen molar-refractivity contribution in [3.05, 3.63) is 44.7 Å². The van der Waals surface area contributed by atoms with Crippen molar-refractivity contribution in [3.63, 3.8) is 0 Å². The summed E-state index contributed by atoms with van der Waals surface area (Å²) in [7, 11) is 0. The second kappa shape index (κ2) is 6.42. The van der Waals surface area contributed by atoms with E-state index in [4.69, 9.17) is 17.3 Å². The summed E-state index contributed by atoms with van der Waals surface area (Å²) in [6.45, 7) is 3.68. The Bertz CT molecular complexity index is 809. The van der Waals surface area contributed by atoms with E-state index in [0.29, 0.717) is 11.0 Å². The van der Waals surface area contributed by atoms with Crippen molar-refractivity contribution in [1.29, 1.82) is 0 Å². The number of halogens is 1. The van der Waals surface area contributed by atoms with E-state index in [0.717, 1.165) is 37.2 Å². The molecule has 0 aliphatic carbocycles. The highest BCUT2D eigenvalue weighted by Crippen LogP contribution is 2.22. The van der Waals surface area contributed by atoms with Gasteiger partial charge in [-0.15, -0.1) is 0 Å². The zero-order chi connectivity index (χ0) is 16.4. The second-order valence-electron chi connectivity index (χ2n) is 5.57. The molecule has 2 aromatic rings. The van der Waals surface area contributed by atoms with Crippen LogP contribution in [-0.4, -0.2) is 29.3 Å². The molecule has 0 unspecified atom stereocenters. The van der Waals surface area contributed by atoms with Crippen LogP contribution in [0.25, 0.3) is 0 Å². The lowest BCUT2D eigenvalue weighted by molar-refractivity contribution is 0.892. The lowest BCUT2D eigenvalue weighted by Crippen LogP contribution is -2.26. The fraction of sp³-hybridized carbons (Fsp3) is 0.312. The average molecular weight is 332 g/mol. The first-order chi connectivity index (χ1) is 11.0. The van der Waals surface area contributed by atoms with Crippen molar-refractivity contribution in [1.82, 2.24) is 9.97 Å². The molecule has 0 saturated carbocycles. The molecule has 0 bridgehead atoms. The number of aliphatic imine (C=N–C) groups is 1. The summed E-state index contributed by atoms with van der Waals surface area (Å²) in [5, 5.41) is 0.649. The van der Waals surface area contributed by atoms with E-state index >= 15 is 0 Å². The van der Waals surface area contributed by atoms with E-state index in [2.05, 4.69) is 15.0 Å². The van der Waals surface area contributed by atoms with E-state index in [1.165, 1.54) is 6.21 Å². The van der Waals surface area contributed by atoms with Crippen LogP contribution < -0.4 is 16.2 Å². The van der Waals surface area contributed by atoms with E-state index < -0.39 is 0 Å². The minimum Gasteiger partial charge on any atom is -0.383 e. The maximum absolute atomic E-state index is 12.3. The van der Waals surface area contributed by atoms with Gasteiger partial charge in [-0.3, -0.25) is 14.8 Å². The maximum Gasteiger partial charge on any atom is 0.263 e. The number of aromatic nitrogens is 2. The Morgan fingerprint density at radius 1 is 1.39 bits per heavy atom. The summed E-state index contributed by atoms with van der Waals surface area (Å²) in [5.74, 6) is 0.718. The van der Waals surface area contributed by atoms with Gasteiger partial charge >= 0.3 is 0 Å². The van der Waals surface area contributed by atoms with Gasteiger partial charge < -0.3 is 10.6 Å². The highest BCUT2D eigenvalue weighted by molar-refractivity contribution is 6.30. The summed E-state index contributed by atoms with van der Waals surface area (Å²) < 4.78 is 0. The van der Waals surface area contributed by atoms with Gasteiger partial charge in [-0.05, 0) is 43.5 Å². The molecule has 1 aromatic heterocycles. The van der Waals surface area contributed by atoms with Crippen LogP contribution in [0.1, 0.15) is 24.0 Å².